The monoisotopic (exact) mass is 587 g/mol. The van der Waals surface area contributed by atoms with Gasteiger partial charge < -0.3 is 19.3 Å². The lowest BCUT2D eigenvalue weighted by atomic mass is 9.88. The van der Waals surface area contributed by atoms with E-state index in [1.807, 2.05) is 11.0 Å². The van der Waals surface area contributed by atoms with Crippen LogP contribution in [0.2, 0.25) is 0 Å². The van der Waals surface area contributed by atoms with Crippen LogP contribution in [0.1, 0.15) is 55.6 Å². The molecule has 2 fully saturated rings. The Morgan fingerprint density at radius 3 is 2.33 bits per heavy atom. The maximum atomic E-state index is 13.0. The molecule has 0 bridgehead atoms. The van der Waals surface area contributed by atoms with Crippen molar-refractivity contribution in [1.29, 1.82) is 0 Å². The largest absolute Gasteiger partial charge is 0.490 e. The van der Waals surface area contributed by atoms with Gasteiger partial charge in [-0.1, -0.05) is 42.5 Å². The quantitative estimate of drug-likeness (QED) is 0.131. The van der Waals surface area contributed by atoms with Crippen LogP contribution in [0.4, 0.5) is 5.69 Å². The fourth-order valence-corrected chi connectivity index (χ4v) is 5.79. The Bertz CT molecular complexity index is 1240. The van der Waals surface area contributed by atoms with E-state index in [1.165, 1.54) is 17.2 Å². The topological polar surface area (TPSA) is 85.2 Å². The molecule has 0 spiro atoms. The van der Waals surface area contributed by atoms with Crippen molar-refractivity contribution in [3.8, 4) is 11.5 Å². The predicted octanol–water partition coefficient (Wildman–Crippen LogP) is 6.72. The van der Waals surface area contributed by atoms with E-state index in [0.29, 0.717) is 44.0 Å². The van der Waals surface area contributed by atoms with Crippen LogP contribution in [0.25, 0.3) is 0 Å². The summed E-state index contributed by atoms with van der Waals surface area (Å²) in [4.78, 5) is 28.3. The Morgan fingerprint density at radius 2 is 1.70 bits per heavy atom. The van der Waals surface area contributed by atoms with Crippen molar-refractivity contribution in [3.05, 3.63) is 102 Å². The summed E-state index contributed by atoms with van der Waals surface area (Å²) >= 11 is 0. The van der Waals surface area contributed by atoms with Gasteiger partial charge in [-0.05, 0) is 61.9 Å². The molecule has 2 aromatic rings. The normalized spacial score (nSPS) is 16.5. The van der Waals surface area contributed by atoms with Crippen LogP contribution in [0, 0.1) is 16.0 Å². The molecule has 2 aromatic carbocycles. The number of nitrogens with zero attached hydrogens (tertiary/aromatic N) is 3. The molecule has 2 aliphatic rings. The molecule has 2 heterocycles. The standard InChI is InChI=1S/C35H45N3O5/c1-4-7-8-28-9-11-29(12-10-28)30-15-20-36(21-16-30)22-19-35(39)37-23-17-31(18-24-37)43-32-13-14-33(38(40)41)34(25-32)42-26-27(5-2)6-3/h4-6,9-14,25,27,30-31H,1-3,7-8,15-24,26H2. The van der Waals surface area contributed by atoms with Crippen molar-refractivity contribution in [3.63, 3.8) is 0 Å². The summed E-state index contributed by atoms with van der Waals surface area (Å²) in [6, 6.07) is 13.6. The Kier molecular flexibility index (Phi) is 12.0. The number of nitro groups is 1. The molecule has 230 valence electrons. The van der Waals surface area contributed by atoms with Crippen molar-refractivity contribution in [2.75, 3.05) is 39.3 Å². The third-order valence-electron chi connectivity index (χ3n) is 8.58. The molecule has 8 nitrogen and oxygen atoms in total. The fourth-order valence-electron chi connectivity index (χ4n) is 5.79. The highest BCUT2D eigenvalue weighted by Gasteiger charge is 2.26. The number of nitro benzene ring substituents is 1. The van der Waals surface area contributed by atoms with E-state index in [9.17, 15) is 14.9 Å². The first-order valence-electron chi connectivity index (χ1n) is 15.4. The molecule has 0 aliphatic carbocycles. The minimum Gasteiger partial charge on any atom is -0.490 e. The average Bonchev–Trinajstić information content (AvgIpc) is 3.04. The first-order valence-corrected chi connectivity index (χ1v) is 15.4. The molecule has 0 atom stereocenters. The highest BCUT2D eigenvalue weighted by molar-refractivity contribution is 5.76. The molecule has 4 rings (SSSR count). The average molecular weight is 588 g/mol. The lowest BCUT2D eigenvalue weighted by Crippen LogP contribution is -2.43. The second-order valence-corrected chi connectivity index (χ2v) is 11.5. The van der Waals surface area contributed by atoms with Crippen molar-refractivity contribution in [2.45, 2.75) is 57.0 Å². The SMILES string of the molecule is C=CCCc1ccc(C2CCN(CCC(=O)N3CCC(Oc4ccc([N+](=O)[O-])c(OCC(C=C)C=C)c4)CC3)CC2)cc1. The number of hydrogen-bond acceptors (Lipinski definition) is 6. The van der Waals surface area contributed by atoms with E-state index in [1.54, 1.807) is 24.3 Å². The summed E-state index contributed by atoms with van der Waals surface area (Å²) in [6.07, 6.45) is 11.5. The number of allylic oxidation sites excluding steroid dienone is 1. The number of carbonyl (C=O) groups is 1. The minimum atomic E-state index is -0.466. The Balaban J connectivity index is 1.18. The summed E-state index contributed by atoms with van der Waals surface area (Å²) in [6.45, 7) is 15.6. The van der Waals surface area contributed by atoms with Crippen LogP contribution in [-0.4, -0.2) is 66.1 Å². The highest BCUT2D eigenvalue weighted by Crippen LogP contribution is 2.33. The van der Waals surface area contributed by atoms with Gasteiger partial charge in [0.25, 0.3) is 0 Å². The summed E-state index contributed by atoms with van der Waals surface area (Å²) in [5, 5.41) is 11.5. The number of aryl methyl sites for hydroxylation is 1. The lowest BCUT2D eigenvalue weighted by molar-refractivity contribution is -0.385. The minimum absolute atomic E-state index is 0.0671. The first kappa shape index (κ1) is 32.0. The van der Waals surface area contributed by atoms with Crippen molar-refractivity contribution in [1.82, 2.24) is 9.80 Å². The molecular formula is C35H45N3O5. The Hall–Kier alpha value is -3.91. The van der Waals surface area contributed by atoms with Gasteiger partial charge in [0, 0.05) is 56.9 Å². The molecule has 43 heavy (non-hydrogen) atoms. The highest BCUT2D eigenvalue weighted by atomic mass is 16.6. The van der Waals surface area contributed by atoms with E-state index in [-0.39, 0.29) is 36.0 Å². The van der Waals surface area contributed by atoms with Crippen LogP contribution >= 0.6 is 0 Å². The smallest absolute Gasteiger partial charge is 0.311 e. The van der Waals surface area contributed by atoms with Gasteiger partial charge >= 0.3 is 5.69 Å². The molecule has 2 saturated heterocycles. The van der Waals surface area contributed by atoms with Gasteiger partial charge in [0.05, 0.1) is 11.5 Å². The number of rotatable bonds is 15. The Morgan fingerprint density at radius 1 is 1.00 bits per heavy atom. The summed E-state index contributed by atoms with van der Waals surface area (Å²) in [7, 11) is 0. The van der Waals surface area contributed by atoms with E-state index in [2.05, 4.69) is 48.9 Å². The molecule has 1 amide bonds. The number of carbonyl (C=O) groups excluding carboxylic acids is 1. The van der Waals surface area contributed by atoms with Gasteiger partial charge in [-0.25, -0.2) is 0 Å². The zero-order chi connectivity index (χ0) is 30.6. The van der Waals surface area contributed by atoms with Crippen LogP contribution < -0.4 is 9.47 Å². The van der Waals surface area contributed by atoms with Gasteiger partial charge in [0.15, 0.2) is 0 Å². The summed E-state index contributed by atoms with van der Waals surface area (Å²) < 4.78 is 11.9. The number of piperidine rings is 2. The number of ether oxygens (including phenoxy) is 2. The second kappa shape index (κ2) is 16.1. The molecule has 0 unspecified atom stereocenters. The van der Waals surface area contributed by atoms with Crippen molar-refractivity contribution < 1.29 is 19.2 Å². The molecule has 0 N–H and O–H groups in total. The van der Waals surface area contributed by atoms with E-state index in [4.69, 9.17) is 9.47 Å². The van der Waals surface area contributed by atoms with Crippen molar-refractivity contribution >= 4 is 11.6 Å². The van der Waals surface area contributed by atoms with Crippen LogP contribution in [0.5, 0.6) is 11.5 Å². The third-order valence-corrected chi connectivity index (χ3v) is 8.58. The Labute approximate surface area is 255 Å². The maximum absolute atomic E-state index is 13.0. The van der Waals surface area contributed by atoms with E-state index >= 15 is 0 Å². The predicted molar refractivity (Wildman–Crippen MR) is 171 cm³/mol. The van der Waals surface area contributed by atoms with E-state index < -0.39 is 4.92 Å². The number of amides is 1. The third kappa shape index (κ3) is 9.29. The molecule has 0 saturated carbocycles. The van der Waals surface area contributed by atoms with Crippen LogP contribution in [0.15, 0.2) is 80.4 Å². The van der Waals surface area contributed by atoms with Crippen LogP contribution in [-0.2, 0) is 11.2 Å². The second-order valence-electron chi connectivity index (χ2n) is 11.5. The lowest BCUT2D eigenvalue weighted by Gasteiger charge is -2.34. The number of likely N-dealkylation sites (tertiary alicyclic amines) is 2. The number of hydrogen-bond donors (Lipinski definition) is 0. The fraction of sp³-hybridized carbons (Fsp3) is 0.457. The van der Waals surface area contributed by atoms with Gasteiger partial charge in [-0.3, -0.25) is 14.9 Å². The molecule has 8 heteroatoms. The van der Waals surface area contributed by atoms with Gasteiger partial charge in [0.2, 0.25) is 11.7 Å². The van der Waals surface area contributed by atoms with Gasteiger partial charge in [-0.2, -0.15) is 0 Å². The van der Waals surface area contributed by atoms with Gasteiger partial charge in [-0.15, -0.1) is 19.7 Å². The van der Waals surface area contributed by atoms with Crippen molar-refractivity contribution in [2.24, 2.45) is 5.92 Å². The molecule has 0 aromatic heterocycles. The van der Waals surface area contributed by atoms with Gasteiger partial charge in [0.1, 0.15) is 11.9 Å². The summed E-state index contributed by atoms with van der Waals surface area (Å²) in [5.74, 6) is 1.35. The van der Waals surface area contributed by atoms with E-state index in [0.717, 1.165) is 45.3 Å². The molecule has 0 radical (unpaired) electrons. The maximum Gasteiger partial charge on any atom is 0.311 e. The zero-order valence-electron chi connectivity index (χ0n) is 25.2. The van der Waals surface area contributed by atoms with Crippen LogP contribution in [0.3, 0.4) is 0 Å². The zero-order valence-corrected chi connectivity index (χ0v) is 25.2. The summed E-state index contributed by atoms with van der Waals surface area (Å²) in [5.41, 5.74) is 2.68. The first-order chi connectivity index (χ1) is 20.9. The molecule has 2 aliphatic heterocycles. The number of benzene rings is 2. The molecular weight excluding hydrogens is 542 g/mol.